The van der Waals surface area contributed by atoms with Gasteiger partial charge in [-0.05, 0) is 42.1 Å². The number of H-pyrrole nitrogens is 1. The Morgan fingerprint density at radius 2 is 2.15 bits per heavy atom. The van der Waals surface area contributed by atoms with Gasteiger partial charge in [0.15, 0.2) is 0 Å². The first-order valence-corrected chi connectivity index (χ1v) is 4.74. The van der Waals surface area contributed by atoms with Crippen molar-refractivity contribution in [1.82, 2.24) is 10.3 Å². The zero-order valence-electron chi connectivity index (χ0n) is 7.38. The zero-order valence-corrected chi connectivity index (χ0v) is 7.38. The Hall–Kier alpha value is -1.28. The van der Waals surface area contributed by atoms with Crippen LogP contribution in [-0.2, 0) is 0 Å². The predicted molar refractivity (Wildman–Crippen MR) is 53.7 cm³/mol. The average Bonchev–Trinajstić information content (AvgIpc) is 2.47. The first kappa shape index (κ1) is 7.15. The molecule has 2 N–H and O–H groups in total. The monoisotopic (exact) mass is 172 g/mol. The van der Waals surface area contributed by atoms with Crippen molar-refractivity contribution in [3.8, 4) is 0 Å². The number of nitrogens with one attached hydrogen (secondary N) is 2. The second kappa shape index (κ2) is 2.60. The Morgan fingerprint density at radius 1 is 1.23 bits per heavy atom. The minimum absolute atomic E-state index is 0.597. The molecule has 66 valence electrons. The number of benzene rings is 1. The number of aromatic nitrogens is 1. The molecule has 1 aliphatic rings. The Morgan fingerprint density at radius 3 is 2.92 bits per heavy atom. The Balaban J connectivity index is 2.09. The van der Waals surface area contributed by atoms with Crippen LogP contribution in [0.3, 0.4) is 0 Å². The van der Waals surface area contributed by atoms with Crippen molar-refractivity contribution < 1.29 is 0 Å². The van der Waals surface area contributed by atoms with Crippen LogP contribution in [0.2, 0.25) is 0 Å². The number of rotatable bonds is 1. The molecule has 1 aromatic carbocycles. The molecule has 1 saturated heterocycles. The van der Waals surface area contributed by atoms with Crippen LogP contribution in [0.15, 0.2) is 30.5 Å². The third-order valence-corrected chi connectivity index (χ3v) is 2.80. The Kier molecular flexibility index (Phi) is 1.43. The molecule has 1 aliphatic heterocycles. The summed E-state index contributed by atoms with van der Waals surface area (Å²) in [6.45, 7) is 1.16. The average molecular weight is 172 g/mol. The van der Waals surface area contributed by atoms with Gasteiger partial charge in [-0.3, -0.25) is 0 Å². The van der Waals surface area contributed by atoms with Gasteiger partial charge in [-0.2, -0.15) is 0 Å². The van der Waals surface area contributed by atoms with Gasteiger partial charge >= 0.3 is 0 Å². The molecule has 13 heavy (non-hydrogen) atoms. The van der Waals surface area contributed by atoms with E-state index in [4.69, 9.17) is 0 Å². The highest BCUT2D eigenvalue weighted by Crippen LogP contribution is 2.25. The van der Waals surface area contributed by atoms with Gasteiger partial charge in [0.2, 0.25) is 0 Å². The van der Waals surface area contributed by atoms with Gasteiger partial charge in [0.25, 0.3) is 0 Å². The molecule has 0 unspecified atom stereocenters. The molecule has 2 aromatic rings. The van der Waals surface area contributed by atoms with E-state index in [-0.39, 0.29) is 0 Å². The second-order valence-corrected chi connectivity index (χ2v) is 3.62. The van der Waals surface area contributed by atoms with E-state index in [0.29, 0.717) is 6.04 Å². The molecule has 0 spiro atoms. The fraction of sp³-hybridized carbons (Fsp3) is 0.273. The van der Waals surface area contributed by atoms with Crippen molar-refractivity contribution in [1.29, 1.82) is 0 Å². The van der Waals surface area contributed by atoms with Gasteiger partial charge in [-0.15, -0.1) is 0 Å². The van der Waals surface area contributed by atoms with E-state index in [1.807, 2.05) is 6.20 Å². The predicted octanol–water partition coefficient (Wildman–Crippen LogP) is 2.20. The molecule has 1 aromatic heterocycles. The van der Waals surface area contributed by atoms with Crippen molar-refractivity contribution in [3.05, 3.63) is 36.0 Å². The van der Waals surface area contributed by atoms with Gasteiger partial charge < -0.3 is 10.3 Å². The van der Waals surface area contributed by atoms with E-state index in [0.717, 1.165) is 6.54 Å². The maximum absolute atomic E-state index is 3.41. The first-order chi connectivity index (χ1) is 6.43. The summed E-state index contributed by atoms with van der Waals surface area (Å²) in [6, 6.07) is 9.35. The van der Waals surface area contributed by atoms with Crippen molar-refractivity contribution >= 4 is 10.9 Å². The van der Waals surface area contributed by atoms with Crippen molar-refractivity contribution in [3.63, 3.8) is 0 Å². The minimum Gasteiger partial charge on any atom is -0.361 e. The van der Waals surface area contributed by atoms with Gasteiger partial charge in [-0.1, -0.05) is 6.07 Å². The van der Waals surface area contributed by atoms with Gasteiger partial charge in [0.1, 0.15) is 0 Å². The highest BCUT2D eigenvalue weighted by Gasteiger charge is 2.18. The molecule has 0 saturated carbocycles. The molecular weight excluding hydrogens is 160 g/mol. The molecule has 1 fully saturated rings. The third kappa shape index (κ3) is 1.06. The molecule has 3 rings (SSSR count). The number of hydrogen-bond acceptors (Lipinski definition) is 1. The van der Waals surface area contributed by atoms with Crippen LogP contribution in [0.1, 0.15) is 18.0 Å². The minimum atomic E-state index is 0.597. The van der Waals surface area contributed by atoms with E-state index in [9.17, 15) is 0 Å². The molecule has 0 radical (unpaired) electrons. The van der Waals surface area contributed by atoms with Crippen molar-refractivity contribution in [2.75, 3.05) is 6.54 Å². The normalized spacial score (nSPS) is 21.7. The quantitative estimate of drug-likeness (QED) is 0.678. The van der Waals surface area contributed by atoms with Gasteiger partial charge in [0, 0.05) is 17.8 Å². The van der Waals surface area contributed by atoms with E-state index >= 15 is 0 Å². The number of hydrogen-bond donors (Lipinski definition) is 2. The molecule has 2 heterocycles. The zero-order chi connectivity index (χ0) is 8.67. The summed E-state index contributed by atoms with van der Waals surface area (Å²) >= 11 is 0. The van der Waals surface area contributed by atoms with E-state index < -0.39 is 0 Å². The standard InChI is InChI=1S/C11H12N2/c1-2-10-9(3-5-12-10)7-8(1)11-4-6-13-11/h1-3,5,7,11-13H,4,6H2/t11-/m0/s1. The Bertz CT molecular complexity index is 426. The Labute approximate surface area is 77.0 Å². The SMILES string of the molecule is c1cc2cc([C@@H]3CCN3)ccc2[nH]1. The second-order valence-electron chi connectivity index (χ2n) is 3.62. The van der Waals surface area contributed by atoms with Crippen LogP contribution in [0.25, 0.3) is 10.9 Å². The van der Waals surface area contributed by atoms with Gasteiger partial charge in [0.05, 0.1) is 0 Å². The van der Waals surface area contributed by atoms with Gasteiger partial charge in [-0.25, -0.2) is 0 Å². The summed E-state index contributed by atoms with van der Waals surface area (Å²) in [5, 5.41) is 4.72. The van der Waals surface area contributed by atoms with Crippen molar-refractivity contribution in [2.45, 2.75) is 12.5 Å². The highest BCUT2D eigenvalue weighted by molar-refractivity contribution is 5.80. The van der Waals surface area contributed by atoms with Crippen LogP contribution >= 0.6 is 0 Å². The summed E-state index contributed by atoms with van der Waals surface area (Å²) in [6.07, 6.45) is 3.26. The van der Waals surface area contributed by atoms with Crippen LogP contribution in [0, 0.1) is 0 Å². The fourth-order valence-corrected chi connectivity index (χ4v) is 1.86. The molecular formula is C11H12N2. The summed E-state index contributed by atoms with van der Waals surface area (Å²) in [7, 11) is 0. The topological polar surface area (TPSA) is 27.8 Å². The fourth-order valence-electron chi connectivity index (χ4n) is 1.86. The summed E-state index contributed by atoms with van der Waals surface area (Å²) < 4.78 is 0. The molecule has 0 amide bonds. The lowest BCUT2D eigenvalue weighted by Gasteiger charge is -2.28. The molecule has 2 nitrogen and oxygen atoms in total. The maximum atomic E-state index is 3.41. The van der Waals surface area contributed by atoms with E-state index in [1.165, 1.54) is 22.9 Å². The molecule has 1 atom stereocenters. The molecule has 0 aliphatic carbocycles. The third-order valence-electron chi connectivity index (χ3n) is 2.80. The maximum Gasteiger partial charge on any atom is 0.0454 e. The summed E-state index contributed by atoms with van der Waals surface area (Å²) in [5.74, 6) is 0. The summed E-state index contributed by atoms with van der Waals surface area (Å²) in [5.41, 5.74) is 2.64. The number of fused-ring (bicyclic) bond motifs is 1. The highest BCUT2D eigenvalue weighted by atomic mass is 15.0. The van der Waals surface area contributed by atoms with Crippen molar-refractivity contribution in [2.24, 2.45) is 0 Å². The van der Waals surface area contributed by atoms with Crippen LogP contribution in [0.4, 0.5) is 0 Å². The number of aromatic amines is 1. The smallest absolute Gasteiger partial charge is 0.0454 e. The largest absolute Gasteiger partial charge is 0.361 e. The van der Waals surface area contributed by atoms with Crippen LogP contribution < -0.4 is 5.32 Å². The van der Waals surface area contributed by atoms with Crippen LogP contribution in [0.5, 0.6) is 0 Å². The van der Waals surface area contributed by atoms with Crippen LogP contribution in [-0.4, -0.2) is 11.5 Å². The van der Waals surface area contributed by atoms with E-state index in [2.05, 4.69) is 34.6 Å². The molecule has 0 bridgehead atoms. The lowest BCUT2D eigenvalue weighted by Crippen LogP contribution is -2.34. The first-order valence-electron chi connectivity index (χ1n) is 4.74. The summed E-state index contributed by atoms with van der Waals surface area (Å²) in [4.78, 5) is 3.20. The lowest BCUT2D eigenvalue weighted by atomic mass is 9.97. The molecule has 2 heteroatoms. The lowest BCUT2D eigenvalue weighted by molar-refractivity contribution is 0.383. The van der Waals surface area contributed by atoms with E-state index in [1.54, 1.807) is 0 Å².